The van der Waals surface area contributed by atoms with Gasteiger partial charge in [-0.1, -0.05) is 5.16 Å². The van der Waals surface area contributed by atoms with E-state index in [1.807, 2.05) is 0 Å². The van der Waals surface area contributed by atoms with E-state index in [1.165, 1.54) is 12.0 Å². The summed E-state index contributed by atoms with van der Waals surface area (Å²) in [6.07, 6.45) is 0.583. The minimum Gasteiger partial charge on any atom is -0.409 e. The van der Waals surface area contributed by atoms with Gasteiger partial charge in [-0.15, -0.1) is 0 Å². The van der Waals surface area contributed by atoms with Gasteiger partial charge in [0.25, 0.3) is 0 Å². The Hall–Kier alpha value is -1.35. The van der Waals surface area contributed by atoms with Crippen LogP contribution in [0.2, 0.25) is 0 Å². The molecule has 1 aliphatic heterocycles. The van der Waals surface area contributed by atoms with Gasteiger partial charge >= 0.3 is 0 Å². The molecule has 1 fully saturated rings. The Labute approximate surface area is 118 Å². The number of hydrogen-bond acceptors (Lipinski definition) is 6. The Morgan fingerprint density at radius 1 is 1.50 bits per heavy atom. The minimum absolute atomic E-state index is 0.0271. The van der Waals surface area contributed by atoms with E-state index in [2.05, 4.69) is 5.16 Å². The van der Waals surface area contributed by atoms with Crippen LogP contribution in [-0.2, 0) is 19.4 Å². The van der Waals surface area contributed by atoms with Crippen LogP contribution in [0.4, 0.5) is 0 Å². The molecule has 0 aromatic rings. The van der Waals surface area contributed by atoms with Crippen molar-refractivity contribution < 1.29 is 23.2 Å². The molecule has 1 aliphatic rings. The molecule has 0 bridgehead atoms. The van der Waals surface area contributed by atoms with Crippen LogP contribution in [-0.4, -0.2) is 68.6 Å². The maximum absolute atomic E-state index is 12.3. The SMILES string of the molecule is COCCN(CCC(N)=NO)C(=O)C1CCS(=O)(=O)C1. The lowest BCUT2D eigenvalue weighted by Crippen LogP contribution is -2.40. The van der Waals surface area contributed by atoms with Crippen molar-refractivity contribution in [3.8, 4) is 0 Å². The Balaban J connectivity index is 2.64. The van der Waals surface area contributed by atoms with Crippen LogP contribution in [0.1, 0.15) is 12.8 Å². The van der Waals surface area contributed by atoms with Gasteiger partial charge in [-0.25, -0.2) is 8.42 Å². The summed E-state index contributed by atoms with van der Waals surface area (Å²) in [5.41, 5.74) is 5.38. The van der Waals surface area contributed by atoms with Crippen LogP contribution in [0.25, 0.3) is 0 Å². The number of hydrogen-bond donors (Lipinski definition) is 2. The maximum Gasteiger partial charge on any atom is 0.226 e. The number of methoxy groups -OCH3 is 1. The molecule has 0 radical (unpaired) electrons. The monoisotopic (exact) mass is 307 g/mol. The van der Waals surface area contributed by atoms with Crippen molar-refractivity contribution in [1.82, 2.24) is 4.90 Å². The van der Waals surface area contributed by atoms with Crippen LogP contribution in [0.5, 0.6) is 0 Å². The van der Waals surface area contributed by atoms with E-state index in [1.54, 1.807) is 0 Å². The van der Waals surface area contributed by atoms with Crippen molar-refractivity contribution in [3.05, 3.63) is 0 Å². The number of oxime groups is 1. The molecule has 1 rings (SSSR count). The van der Waals surface area contributed by atoms with Gasteiger partial charge in [-0.05, 0) is 6.42 Å². The molecule has 0 aromatic carbocycles. The standard InChI is InChI=1S/C11H21N3O5S/c1-19-6-5-14(4-2-10(12)13-16)11(15)9-3-7-20(17,18)8-9/h9,16H,2-8H2,1H3,(H2,12,13). The number of nitrogens with two attached hydrogens (primary N) is 1. The second-order valence-corrected chi connectivity index (χ2v) is 6.99. The summed E-state index contributed by atoms with van der Waals surface area (Å²) < 4.78 is 27.8. The molecule has 0 saturated carbocycles. The molecular formula is C11H21N3O5S. The third kappa shape index (κ3) is 4.97. The molecule has 0 aromatic heterocycles. The zero-order chi connectivity index (χ0) is 15.2. The highest BCUT2D eigenvalue weighted by molar-refractivity contribution is 7.91. The summed E-state index contributed by atoms with van der Waals surface area (Å²) in [4.78, 5) is 13.8. The zero-order valence-electron chi connectivity index (χ0n) is 11.5. The summed E-state index contributed by atoms with van der Waals surface area (Å²) in [6, 6.07) is 0. The summed E-state index contributed by atoms with van der Waals surface area (Å²) in [5.74, 6) is -0.724. The van der Waals surface area contributed by atoms with Crippen molar-refractivity contribution in [2.45, 2.75) is 12.8 Å². The Kier molecular flexibility index (Phi) is 6.21. The van der Waals surface area contributed by atoms with Gasteiger partial charge in [0.05, 0.1) is 24.0 Å². The van der Waals surface area contributed by atoms with Crippen molar-refractivity contribution in [2.24, 2.45) is 16.8 Å². The van der Waals surface area contributed by atoms with Crippen molar-refractivity contribution in [1.29, 1.82) is 0 Å². The summed E-state index contributed by atoms with van der Waals surface area (Å²) in [5, 5.41) is 11.3. The molecule has 1 atom stereocenters. The normalized spacial score (nSPS) is 21.9. The molecule has 116 valence electrons. The first-order valence-corrected chi connectivity index (χ1v) is 8.16. The van der Waals surface area contributed by atoms with E-state index in [0.29, 0.717) is 19.6 Å². The third-order valence-corrected chi connectivity index (χ3v) is 4.99. The van der Waals surface area contributed by atoms with Gasteiger partial charge in [0.2, 0.25) is 5.91 Å². The number of amides is 1. The predicted molar refractivity (Wildman–Crippen MR) is 73.2 cm³/mol. The van der Waals surface area contributed by atoms with Crippen LogP contribution in [0.15, 0.2) is 5.16 Å². The minimum atomic E-state index is -3.10. The molecule has 1 saturated heterocycles. The van der Waals surface area contributed by atoms with E-state index >= 15 is 0 Å². The van der Waals surface area contributed by atoms with Crippen molar-refractivity contribution in [2.75, 3.05) is 38.3 Å². The first kappa shape index (κ1) is 16.7. The molecular weight excluding hydrogens is 286 g/mol. The molecule has 8 nitrogen and oxygen atoms in total. The molecule has 1 heterocycles. The number of nitrogens with zero attached hydrogens (tertiary/aromatic N) is 2. The Bertz CT molecular complexity index is 463. The van der Waals surface area contributed by atoms with E-state index < -0.39 is 15.8 Å². The molecule has 20 heavy (non-hydrogen) atoms. The number of amidine groups is 1. The van der Waals surface area contributed by atoms with Crippen LogP contribution in [0.3, 0.4) is 0 Å². The van der Waals surface area contributed by atoms with Gasteiger partial charge < -0.3 is 20.6 Å². The van der Waals surface area contributed by atoms with Gasteiger partial charge in [0, 0.05) is 26.6 Å². The molecule has 1 unspecified atom stereocenters. The fourth-order valence-corrected chi connectivity index (χ4v) is 3.81. The highest BCUT2D eigenvalue weighted by Crippen LogP contribution is 2.20. The fraction of sp³-hybridized carbons (Fsp3) is 0.818. The van der Waals surface area contributed by atoms with Gasteiger partial charge in [0.15, 0.2) is 9.84 Å². The van der Waals surface area contributed by atoms with Gasteiger partial charge in [0.1, 0.15) is 5.84 Å². The van der Waals surface area contributed by atoms with E-state index in [9.17, 15) is 13.2 Å². The quantitative estimate of drug-likeness (QED) is 0.270. The van der Waals surface area contributed by atoms with Gasteiger partial charge in [-0.2, -0.15) is 0 Å². The number of ether oxygens (including phenoxy) is 1. The average molecular weight is 307 g/mol. The first-order chi connectivity index (χ1) is 9.39. The lowest BCUT2D eigenvalue weighted by atomic mass is 10.1. The van der Waals surface area contributed by atoms with E-state index in [-0.39, 0.29) is 36.2 Å². The van der Waals surface area contributed by atoms with Crippen LogP contribution < -0.4 is 5.73 Å². The largest absolute Gasteiger partial charge is 0.409 e. The molecule has 3 N–H and O–H groups in total. The number of sulfone groups is 1. The maximum atomic E-state index is 12.3. The topological polar surface area (TPSA) is 122 Å². The van der Waals surface area contributed by atoms with Gasteiger partial charge in [-0.3, -0.25) is 4.79 Å². The Morgan fingerprint density at radius 2 is 2.20 bits per heavy atom. The zero-order valence-corrected chi connectivity index (χ0v) is 12.3. The number of rotatable bonds is 7. The molecule has 0 spiro atoms. The lowest BCUT2D eigenvalue weighted by Gasteiger charge is -2.24. The van der Waals surface area contributed by atoms with Crippen LogP contribution in [0, 0.1) is 5.92 Å². The highest BCUT2D eigenvalue weighted by atomic mass is 32.2. The second-order valence-electron chi connectivity index (χ2n) is 4.76. The number of carbonyl (C=O) groups is 1. The van der Waals surface area contributed by atoms with E-state index in [4.69, 9.17) is 15.7 Å². The predicted octanol–water partition coefficient (Wildman–Crippen LogP) is -0.967. The second kappa shape index (κ2) is 7.44. The fourth-order valence-electron chi connectivity index (χ4n) is 2.08. The first-order valence-electron chi connectivity index (χ1n) is 6.34. The molecule has 0 aliphatic carbocycles. The highest BCUT2D eigenvalue weighted by Gasteiger charge is 2.35. The lowest BCUT2D eigenvalue weighted by molar-refractivity contribution is -0.135. The summed E-state index contributed by atoms with van der Waals surface area (Å²) in [7, 11) is -1.58. The average Bonchev–Trinajstić information content (AvgIpc) is 2.78. The summed E-state index contributed by atoms with van der Waals surface area (Å²) in [6.45, 7) is 0.973. The Morgan fingerprint density at radius 3 is 2.70 bits per heavy atom. The van der Waals surface area contributed by atoms with Crippen LogP contribution >= 0.6 is 0 Å². The van der Waals surface area contributed by atoms with Crippen molar-refractivity contribution in [3.63, 3.8) is 0 Å². The smallest absolute Gasteiger partial charge is 0.226 e. The third-order valence-electron chi connectivity index (χ3n) is 3.22. The molecule has 1 amide bonds. The molecule has 9 heteroatoms. The van der Waals surface area contributed by atoms with Crippen molar-refractivity contribution >= 4 is 21.6 Å². The number of carbonyl (C=O) groups excluding carboxylic acids is 1. The van der Waals surface area contributed by atoms with E-state index in [0.717, 1.165) is 0 Å². The summed E-state index contributed by atoms with van der Waals surface area (Å²) >= 11 is 0.